The van der Waals surface area contributed by atoms with Crippen molar-refractivity contribution in [2.24, 2.45) is 11.8 Å². The fourth-order valence-electron chi connectivity index (χ4n) is 3.43. The number of allylic oxidation sites excluding steroid dienone is 1. The molecule has 1 amide bonds. The Morgan fingerprint density at radius 2 is 2.08 bits per heavy atom. The SMILES string of the molecule is C=C1CC(C)CC(CCNCc2ccc(/C=C/C(=O)NO)cc2)C1. The quantitative estimate of drug-likeness (QED) is 0.235. The van der Waals surface area contributed by atoms with Gasteiger partial charge in [-0.2, -0.15) is 0 Å². The Morgan fingerprint density at radius 1 is 1.33 bits per heavy atom. The van der Waals surface area contributed by atoms with Gasteiger partial charge in [-0.15, -0.1) is 0 Å². The molecule has 2 atom stereocenters. The summed E-state index contributed by atoms with van der Waals surface area (Å²) in [6.45, 7) is 8.37. The van der Waals surface area contributed by atoms with Gasteiger partial charge in [0, 0.05) is 12.6 Å². The number of benzene rings is 1. The van der Waals surface area contributed by atoms with Gasteiger partial charge in [-0.3, -0.25) is 10.0 Å². The van der Waals surface area contributed by atoms with E-state index in [9.17, 15) is 4.79 Å². The van der Waals surface area contributed by atoms with E-state index in [2.05, 4.69) is 18.8 Å². The summed E-state index contributed by atoms with van der Waals surface area (Å²) in [5.41, 5.74) is 5.14. The van der Waals surface area contributed by atoms with Gasteiger partial charge in [0.25, 0.3) is 5.91 Å². The molecule has 1 aromatic rings. The van der Waals surface area contributed by atoms with Crippen molar-refractivity contribution in [2.45, 2.75) is 39.2 Å². The van der Waals surface area contributed by atoms with E-state index in [1.165, 1.54) is 42.9 Å². The first-order chi connectivity index (χ1) is 11.6. The van der Waals surface area contributed by atoms with Crippen molar-refractivity contribution < 1.29 is 10.0 Å². The predicted octanol–water partition coefficient (Wildman–Crippen LogP) is 3.68. The van der Waals surface area contributed by atoms with Crippen LogP contribution < -0.4 is 10.8 Å². The first-order valence-corrected chi connectivity index (χ1v) is 8.65. The molecule has 2 rings (SSSR count). The second-order valence-electron chi connectivity index (χ2n) is 6.88. The zero-order valence-corrected chi connectivity index (χ0v) is 14.4. The molecular formula is C20H28N2O2. The number of rotatable bonds is 7. The lowest BCUT2D eigenvalue weighted by molar-refractivity contribution is -0.124. The molecule has 2 unspecified atom stereocenters. The van der Waals surface area contributed by atoms with Crippen LogP contribution in [0.1, 0.15) is 43.7 Å². The Morgan fingerprint density at radius 3 is 2.75 bits per heavy atom. The van der Waals surface area contributed by atoms with Crippen LogP contribution in [-0.4, -0.2) is 17.7 Å². The molecule has 1 aliphatic rings. The van der Waals surface area contributed by atoms with Crippen LogP contribution in [0.5, 0.6) is 0 Å². The minimum atomic E-state index is -0.527. The van der Waals surface area contributed by atoms with E-state index in [-0.39, 0.29) is 0 Å². The van der Waals surface area contributed by atoms with Crippen molar-refractivity contribution >= 4 is 12.0 Å². The summed E-state index contributed by atoms with van der Waals surface area (Å²) in [5, 5.41) is 11.9. The Bertz CT molecular complexity index is 578. The van der Waals surface area contributed by atoms with Gasteiger partial charge < -0.3 is 5.32 Å². The summed E-state index contributed by atoms with van der Waals surface area (Å²) in [7, 11) is 0. The van der Waals surface area contributed by atoms with E-state index in [4.69, 9.17) is 5.21 Å². The molecule has 1 fully saturated rings. The highest BCUT2D eigenvalue weighted by atomic mass is 16.5. The second-order valence-corrected chi connectivity index (χ2v) is 6.88. The van der Waals surface area contributed by atoms with Crippen molar-refractivity contribution in [3.05, 3.63) is 53.6 Å². The van der Waals surface area contributed by atoms with Crippen molar-refractivity contribution in [3.8, 4) is 0 Å². The molecule has 1 saturated carbocycles. The summed E-state index contributed by atoms with van der Waals surface area (Å²) in [6, 6.07) is 8.03. The summed E-state index contributed by atoms with van der Waals surface area (Å²) in [4.78, 5) is 10.9. The van der Waals surface area contributed by atoms with E-state index in [1.807, 2.05) is 24.3 Å². The molecule has 0 spiro atoms. The molecule has 3 N–H and O–H groups in total. The average molecular weight is 328 g/mol. The molecule has 4 nitrogen and oxygen atoms in total. The van der Waals surface area contributed by atoms with Crippen molar-refractivity contribution in [1.82, 2.24) is 10.8 Å². The summed E-state index contributed by atoms with van der Waals surface area (Å²) < 4.78 is 0. The monoisotopic (exact) mass is 328 g/mol. The molecule has 1 aromatic carbocycles. The van der Waals surface area contributed by atoms with Crippen LogP contribution in [0, 0.1) is 11.8 Å². The highest BCUT2D eigenvalue weighted by Crippen LogP contribution is 2.33. The van der Waals surface area contributed by atoms with Crippen LogP contribution in [0.15, 0.2) is 42.5 Å². The number of carbonyl (C=O) groups excluding carboxylic acids is 1. The van der Waals surface area contributed by atoms with Crippen LogP contribution in [0.3, 0.4) is 0 Å². The molecule has 0 heterocycles. The zero-order valence-electron chi connectivity index (χ0n) is 14.4. The Kier molecular flexibility index (Phi) is 7.22. The van der Waals surface area contributed by atoms with Gasteiger partial charge in [-0.05, 0) is 61.3 Å². The fourth-order valence-corrected chi connectivity index (χ4v) is 3.43. The van der Waals surface area contributed by atoms with Gasteiger partial charge in [0.2, 0.25) is 0 Å². The van der Waals surface area contributed by atoms with Crippen LogP contribution in [0.4, 0.5) is 0 Å². The normalized spacial score (nSPS) is 21.2. The third kappa shape index (κ3) is 6.30. The minimum absolute atomic E-state index is 0.527. The molecule has 4 heteroatoms. The summed E-state index contributed by atoms with van der Waals surface area (Å²) >= 11 is 0. The maximum absolute atomic E-state index is 10.9. The minimum Gasteiger partial charge on any atom is -0.313 e. The standard InChI is InChI=1S/C20H28N2O2/c1-15-11-16(2)13-19(12-15)9-10-21-14-18-5-3-17(4-6-18)7-8-20(23)22-24/h3-8,16,19,21,24H,1,9-14H2,2H3,(H,22,23)/b8-7+. The third-order valence-electron chi connectivity index (χ3n) is 4.53. The lowest BCUT2D eigenvalue weighted by Gasteiger charge is -2.28. The van der Waals surface area contributed by atoms with E-state index < -0.39 is 5.91 Å². The molecule has 1 aliphatic carbocycles. The Labute approximate surface area is 144 Å². The third-order valence-corrected chi connectivity index (χ3v) is 4.53. The predicted molar refractivity (Wildman–Crippen MR) is 97.4 cm³/mol. The molecule has 0 aliphatic heterocycles. The molecule has 0 saturated heterocycles. The number of carbonyl (C=O) groups is 1. The second kappa shape index (κ2) is 9.40. The van der Waals surface area contributed by atoms with Gasteiger partial charge in [-0.1, -0.05) is 43.3 Å². The lowest BCUT2D eigenvalue weighted by Crippen LogP contribution is -2.21. The van der Waals surface area contributed by atoms with Crippen molar-refractivity contribution in [1.29, 1.82) is 0 Å². The molecule has 0 aromatic heterocycles. The molecule has 0 bridgehead atoms. The van der Waals surface area contributed by atoms with Gasteiger partial charge in [0.15, 0.2) is 0 Å². The first-order valence-electron chi connectivity index (χ1n) is 8.65. The summed E-state index contributed by atoms with van der Waals surface area (Å²) in [6.07, 6.45) is 7.88. The lowest BCUT2D eigenvalue weighted by atomic mass is 9.78. The molecule has 24 heavy (non-hydrogen) atoms. The average Bonchev–Trinajstić information content (AvgIpc) is 2.56. The van der Waals surface area contributed by atoms with Gasteiger partial charge in [0.1, 0.15) is 0 Å². The molecular weight excluding hydrogens is 300 g/mol. The number of hydrogen-bond donors (Lipinski definition) is 3. The van der Waals surface area contributed by atoms with Crippen molar-refractivity contribution in [2.75, 3.05) is 6.54 Å². The van der Waals surface area contributed by atoms with Crippen LogP contribution >= 0.6 is 0 Å². The van der Waals surface area contributed by atoms with Gasteiger partial charge in [-0.25, -0.2) is 5.48 Å². The van der Waals surface area contributed by atoms with Gasteiger partial charge >= 0.3 is 0 Å². The van der Waals surface area contributed by atoms with E-state index in [1.54, 1.807) is 11.6 Å². The zero-order chi connectivity index (χ0) is 17.4. The Balaban J connectivity index is 1.70. The number of hydrogen-bond acceptors (Lipinski definition) is 3. The molecule has 0 radical (unpaired) electrons. The maximum atomic E-state index is 10.9. The first kappa shape index (κ1) is 18.4. The van der Waals surface area contributed by atoms with E-state index in [0.29, 0.717) is 0 Å². The van der Waals surface area contributed by atoms with Crippen molar-refractivity contribution in [3.63, 3.8) is 0 Å². The smallest absolute Gasteiger partial charge is 0.267 e. The highest BCUT2D eigenvalue weighted by Gasteiger charge is 2.20. The van der Waals surface area contributed by atoms with Crippen LogP contribution in [0.2, 0.25) is 0 Å². The largest absolute Gasteiger partial charge is 0.313 e. The van der Waals surface area contributed by atoms with Crippen LogP contribution in [-0.2, 0) is 11.3 Å². The fraction of sp³-hybridized carbons (Fsp3) is 0.450. The van der Waals surface area contributed by atoms with Crippen LogP contribution in [0.25, 0.3) is 6.08 Å². The molecule has 130 valence electrons. The topological polar surface area (TPSA) is 61.4 Å². The van der Waals surface area contributed by atoms with Gasteiger partial charge in [0.05, 0.1) is 0 Å². The number of hydroxylamine groups is 1. The highest BCUT2D eigenvalue weighted by molar-refractivity contribution is 5.90. The Hall–Kier alpha value is -1.91. The maximum Gasteiger partial charge on any atom is 0.267 e. The van der Waals surface area contributed by atoms with E-state index >= 15 is 0 Å². The number of amides is 1. The number of nitrogens with one attached hydrogen (secondary N) is 2. The van der Waals surface area contributed by atoms with E-state index in [0.717, 1.165) is 30.5 Å². The summed E-state index contributed by atoms with van der Waals surface area (Å²) in [5.74, 6) is 1.03.